The standard InChI is InChI=1S/C32H42I4N2O12P2/c1-19(39)49-29(17-51(43,45-3)46-4)21-13-27(25(35)15-23(21)33)37-31(41)11-9-7-8-10-12-32(42)38-28-14-22(24(34)16-26(28)36)30(50-20(2)40)18-52(44,47-5)48-6/h13-16,29-30H,7-12,17-18H2,1-6H3,(H,37,41)(H,38,42). The van der Waals surface area contributed by atoms with Gasteiger partial charge < -0.3 is 38.2 Å². The van der Waals surface area contributed by atoms with Crippen LogP contribution in [0, 0.1) is 14.3 Å². The lowest BCUT2D eigenvalue weighted by Crippen LogP contribution is -2.17. The lowest BCUT2D eigenvalue weighted by Gasteiger charge is -2.23. The van der Waals surface area contributed by atoms with Crippen LogP contribution in [0.2, 0.25) is 0 Å². The fourth-order valence-electron chi connectivity index (χ4n) is 4.82. The van der Waals surface area contributed by atoms with E-state index in [1.165, 1.54) is 42.3 Å². The summed E-state index contributed by atoms with van der Waals surface area (Å²) in [4.78, 5) is 49.5. The Bertz CT molecular complexity index is 1560. The van der Waals surface area contributed by atoms with Crippen LogP contribution in [0.4, 0.5) is 11.4 Å². The van der Waals surface area contributed by atoms with Gasteiger partial charge >= 0.3 is 27.1 Å². The molecule has 2 rings (SSSR count). The van der Waals surface area contributed by atoms with Crippen molar-refractivity contribution < 1.29 is 55.9 Å². The molecule has 2 amide bonds. The molecule has 0 aliphatic carbocycles. The van der Waals surface area contributed by atoms with E-state index in [0.29, 0.717) is 35.3 Å². The minimum atomic E-state index is -3.53. The van der Waals surface area contributed by atoms with Gasteiger partial charge in [-0.15, -0.1) is 0 Å². The van der Waals surface area contributed by atoms with Crippen LogP contribution in [-0.2, 0) is 55.9 Å². The van der Waals surface area contributed by atoms with Gasteiger partial charge in [-0.25, -0.2) is 0 Å². The monoisotopic (exact) mass is 1220 g/mol. The first-order valence-corrected chi connectivity index (χ1v) is 23.5. The zero-order valence-electron chi connectivity index (χ0n) is 29.4. The first-order valence-electron chi connectivity index (χ1n) is 15.7. The largest absolute Gasteiger partial charge is 0.457 e. The Morgan fingerprint density at radius 3 is 1.19 bits per heavy atom. The van der Waals surface area contributed by atoms with Crippen LogP contribution >= 0.6 is 106 Å². The minimum Gasteiger partial charge on any atom is -0.457 e. The van der Waals surface area contributed by atoms with Crippen molar-refractivity contribution in [3.05, 3.63) is 49.7 Å². The van der Waals surface area contributed by atoms with Gasteiger partial charge in [0.05, 0.1) is 23.7 Å². The molecular formula is C32H42I4N2O12P2. The summed E-state index contributed by atoms with van der Waals surface area (Å²) in [6, 6.07) is 7.06. The van der Waals surface area contributed by atoms with Gasteiger partial charge in [-0.05, 0) is 127 Å². The van der Waals surface area contributed by atoms with Crippen LogP contribution in [0.15, 0.2) is 24.3 Å². The third-order valence-electron chi connectivity index (χ3n) is 7.48. The van der Waals surface area contributed by atoms with Crippen LogP contribution in [0.3, 0.4) is 0 Å². The van der Waals surface area contributed by atoms with Crippen molar-refractivity contribution in [2.24, 2.45) is 0 Å². The number of ether oxygens (including phenoxy) is 2. The molecule has 2 unspecified atom stereocenters. The predicted molar refractivity (Wildman–Crippen MR) is 231 cm³/mol. The molecule has 2 N–H and O–H groups in total. The fourth-order valence-corrected chi connectivity index (χ4v) is 11.1. The summed E-state index contributed by atoms with van der Waals surface area (Å²) in [5.41, 5.74) is 2.17. The summed E-state index contributed by atoms with van der Waals surface area (Å²) in [7, 11) is -2.02. The molecule has 52 heavy (non-hydrogen) atoms. The van der Waals surface area contributed by atoms with E-state index < -0.39 is 39.3 Å². The predicted octanol–water partition coefficient (Wildman–Crippen LogP) is 9.20. The highest BCUT2D eigenvalue weighted by Gasteiger charge is 2.33. The van der Waals surface area contributed by atoms with Gasteiger partial charge in [0, 0.05) is 80.5 Å². The molecule has 2 aromatic carbocycles. The number of anilines is 2. The molecule has 0 aromatic heterocycles. The quantitative estimate of drug-likeness (QED) is 0.0524. The van der Waals surface area contributed by atoms with Crippen molar-refractivity contribution in [1.29, 1.82) is 0 Å². The Kier molecular flexibility index (Phi) is 21.0. The van der Waals surface area contributed by atoms with E-state index >= 15 is 0 Å². The first-order chi connectivity index (χ1) is 24.4. The van der Waals surface area contributed by atoms with Gasteiger partial charge in [0.15, 0.2) is 0 Å². The molecular weight excluding hydrogens is 1170 g/mol. The van der Waals surface area contributed by atoms with Gasteiger partial charge in [-0.3, -0.25) is 28.3 Å². The number of rotatable bonds is 21. The second-order valence-electron chi connectivity index (χ2n) is 11.2. The lowest BCUT2D eigenvalue weighted by molar-refractivity contribution is -0.146. The third-order valence-corrected chi connectivity index (χ3v) is 14.9. The highest BCUT2D eigenvalue weighted by molar-refractivity contribution is 14.1. The number of hydrogen-bond donors (Lipinski definition) is 2. The average Bonchev–Trinajstić information content (AvgIpc) is 3.07. The maximum absolute atomic E-state index is 12.9. The average molecular weight is 1220 g/mol. The molecule has 20 heteroatoms. The maximum Gasteiger partial charge on any atom is 0.334 e. The normalized spacial score (nSPS) is 12.9. The van der Waals surface area contributed by atoms with E-state index in [1.807, 2.05) is 12.1 Å². The molecule has 0 spiro atoms. The Labute approximate surface area is 358 Å². The number of unbranched alkanes of at least 4 members (excludes halogenated alkanes) is 3. The molecule has 0 fully saturated rings. The highest BCUT2D eigenvalue weighted by Crippen LogP contribution is 2.52. The third kappa shape index (κ3) is 15.6. The summed E-state index contributed by atoms with van der Waals surface area (Å²) < 4.78 is 59.9. The van der Waals surface area contributed by atoms with E-state index in [2.05, 4.69) is 101 Å². The number of amides is 2. The summed E-state index contributed by atoms with van der Waals surface area (Å²) in [5.74, 6) is -1.53. The van der Waals surface area contributed by atoms with Crippen molar-refractivity contribution >= 4 is 141 Å². The van der Waals surface area contributed by atoms with E-state index in [0.717, 1.165) is 27.1 Å². The van der Waals surface area contributed by atoms with Crippen LogP contribution in [0.25, 0.3) is 0 Å². The molecule has 2 aromatic rings. The number of halogens is 4. The van der Waals surface area contributed by atoms with Crippen LogP contribution in [-0.4, -0.2) is 64.5 Å². The Hall–Kier alpha value is -0.460. The number of benzene rings is 2. The smallest absolute Gasteiger partial charge is 0.334 e. The van der Waals surface area contributed by atoms with E-state index in [1.54, 1.807) is 12.1 Å². The van der Waals surface area contributed by atoms with Crippen LogP contribution < -0.4 is 10.6 Å². The maximum atomic E-state index is 12.9. The van der Waals surface area contributed by atoms with Crippen LogP contribution in [0.5, 0.6) is 0 Å². The summed E-state index contributed by atoms with van der Waals surface area (Å²) in [6.45, 7) is 2.51. The molecule has 0 bridgehead atoms. The number of carbonyl (C=O) groups is 4. The molecule has 0 aliphatic heterocycles. The molecule has 0 radical (unpaired) electrons. The van der Waals surface area contributed by atoms with Crippen molar-refractivity contribution in [2.75, 3.05) is 51.4 Å². The fraction of sp³-hybridized carbons (Fsp3) is 0.500. The molecule has 0 saturated heterocycles. The number of carbonyl (C=O) groups excluding carboxylic acids is 4. The van der Waals surface area contributed by atoms with Gasteiger partial charge in [-0.1, -0.05) is 12.8 Å². The van der Waals surface area contributed by atoms with Gasteiger partial charge in [0.25, 0.3) is 0 Å². The second-order valence-corrected chi connectivity index (χ2v) is 20.5. The zero-order valence-corrected chi connectivity index (χ0v) is 39.8. The van der Waals surface area contributed by atoms with Gasteiger partial charge in [0.1, 0.15) is 12.2 Å². The SMILES string of the molecule is COP(=O)(CC(OC(C)=O)c1cc(NC(=O)CCCCCCC(=O)Nc2cc(C(CP(=O)(OC)OC)OC(C)=O)c(I)cc2I)c(I)cc1I)OC. The van der Waals surface area contributed by atoms with Crippen molar-refractivity contribution in [1.82, 2.24) is 0 Å². The van der Waals surface area contributed by atoms with E-state index in [-0.39, 0.29) is 37.0 Å². The van der Waals surface area contributed by atoms with Crippen molar-refractivity contribution in [3.63, 3.8) is 0 Å². The Balaban J connectivity index is 1.97. The number of hydrogen-bond acceptors (Lipinski definition) is 12. The summed E-state index contributed by atoms with van der Waals surface area (Å²) in [6.07, 6.45) is 0.919. The van der Waals surface area contributed by atoms with E-state index in [9.17, 15) is 28.3 Å². The lowest BCUT2D eigenvalue weighted by atomic mass is 10.1. The molecule has 14 nitrogen and oxygen atoms in total. The number of esters is 2. The Morgan fingerprint density at radius 1 is 0.577 bits per heavy atom. The molecule has 2 atom stereocenters. The first kappa shape index (κ1) is 47.7. The van der Waals surface area contributed by atoms with E-state index in [4.69, 9.17) is 27.6 Å². The van der Waals surface area contributed by atoms with Gasteiger partial charge in [0.2, 0.25) is 11.8 Å². The molecule has 290 valence electrons. The molecule has 0 aliphatic rings. The van der Waals surface area contributed by atoms with Crippen molar-refractivity contribution in [3.8, 4) is 0 Å². The van der Waals surface area contributed by atoms with Crippen molar-refractivity contribution in [2.45, 2.75) is 64.6 Å². The molecule has 0 saturated carbocycles. The number of nitrogens with one attached hydrogen (secondary N) is 2. The topological polar surface area (TPSA) is 182 Å². The minimum absolute atomic E-state index is 0.197. The van der Waals surface area contributed by atoms with Crippen LogP contribution in [0.1, 0.15) is 75.7 Å². The highest BCUT2D eigenvalue weighted by atomic mass is 127. The molecule has 0 heterocycles. The Morgan fingerprint density at radius 2 is 0.904 bits per heavy atom. The zero-order chi connectivity index (χ0) is 39.2. The summed E-state index contributed by atoms with van der Waals surface area (Å²) >= 11 is 8.40. The summed E-state index contributed by atoms with van der Waals surface area (Å²) in [5, 5.41) is 5.84. The second kappa shape index (κ2) is 22.9. The van der Waals surface area contributed by atoms with Gasteiger partial charge in [-0.2, -0.15) is 0 Å².